The molecular formula is C14H17N5O2. The lowest BCUT2D eigenvalue weighted by atomic mass is 10.2. The lowest BCUT2D eigenvalue weighted by Crippen LogP contribution is -2.34. The van der Waals surface area contributed by atoms with Crippen molar-refractivity contribution in [3.05, 3.63) is 23.5 Å². The van der Waals surface area contributed by atoms with E-state index in [0.717, 1.165) is 16.7 Å². The minimum atomic E-state index is -0.0934. The van der Waals surface area contributed by atoms with Crippen LogP contribution in [-0.2, 0) is 11.8 Å². The molecule has 2 aromatic heterocycles. The van der Waals surface area contributed by atoms with Crippen molar-refractivity contribution in [2.45, 2.75) is 13.3 Å². The molecule has 3 rings (SSSR count). The van der Waals surface area contributed by atoms with Crippen LogP contribution in [0, 0.1) is 6.92 Å². The van der Waals surface area contributed by atoms with Crippen LogP contribution < -0.4 is 5.32 Å². The minimum absolute atomic E-state index is 0.0121. The number of hydrogen-bond acceptors (Lipinski definition) is 4. The molecule has 21 heavy (non-hydrogen) atoms. The fourth-order valence-electron chi connectivity index (χ4n) is 2.58. The summed E-state index contributed by atoms with van der Waals surface area (Å²) >= 11 is 0. The number of aryl methyl sites for hydroxylation is 2. The molecule has 2 aromatic rings. The first-order valence-corrected chi connectivity index (χ1v) is 6.91. The minimum Gasteiger partial charge on any atom is -0.354 e. The van der Waals surface area contributed by atoms with Gasteiger partial charge in [0, 0.05) is 44.7 Å². The molecule has 0 bridgehead atoms. The van der Waals surface area contributed by atoms with Gasteiger partial charge in [0.15, 0.2) is 5.65 Å². The number of fused-ring (bicyclic) bond motifs is 1. The van der Waals surface area contributed by atoms with E-state index in [-0.39, 0.29) is 11.8 Å². The van der Waals surface area contributed by atoms with Crippen LogP contribution in [0.15, 0.2) is 12.3 Å². The highest BCUT2D eigenvalue weighted by molar-refractivity contribution is 5.97. The first kappa shape index (κ1) is 13.5. The molecule has 1 aliphatic heterocycles. The number of rotatable bonds is 1. The summed E-state index contributed by atoms with van der Waals surface area (Å²) in [5.74, 6) is -0.105. The molecule has 110 valence electrons. The van der Waals surface area contributed by atoms with E-state index >= 15 is 0 Å². The Kier molecular flexibility index (Phi) is 3.32. The first-order chi connectivity index (χ1) is 10.1. The van der Waals surface area contributed by atoms with Gasteiger partial charge in [0.05, 0.1) is 11.3 Å². The fraction of sp³-hybridized carbons (Fsp3) is 0.429. The molecular weight excluding hydrogens is 270 g/mol. The third-order valence-electron chi connectivity index (χ3n) is 3.71. The van der Waals surface area contributed by atoms with E-state index in [2.05, 4.69) is 15.4 Å². The van der Waals surface area contributed by atoms with Crippen LogP contribution in [0.4, 0.5) is 0 Å². The van der Waals surface area contributed by atoms with E-state index < -0.39 is 0 Å². The molecule has 1 saturated heterocycles. The Balaban J connectivity index is 1.90. The molecule has 2 amide bonds. The molecule has 0 unspecified atom stereocenters. The quantitative estimate of drug-likeness (QED) is 0.814. The van der Waals surface area contributed by atoms with Crippen LogP contribution in [0.25, 0.3) is 11.0 Å². The van der Waals surface area contributed by atoms with Crippen molar-refractivity contribution in [2.75, 3.05) is 19.6 Å². The maximum absolute atomic E-state index is 12.5. The van der Waals surface area contributed by atoms with Gasteiger partial charge in [-0.25, -0.2) is 4.98 Å². The van der Waals surface area contributed by atoms with Crippen molar-refractivity contribution in [1.29, 1.82) is 0 Å². The van der Waals surface area contributed by atoms with Gasteiger partial charge in [0.1, 0.15) is 0 Å². The second kappa shape index (κ2) is 5.16. The van der Waals surface area contributed by atoms with E-state index in [1.54, 1.807) is 15.8 Å². The van der Waals surface area contributed by atoms with Crippen LogP contribution in [0.3, 0.4) is 0 Å². The average Bonchev–Trinajstić information content (AvgIpc) is 2.65. The van der Waals surface area contributed by atoms with Gasteiger partial charge < -0.3 is 10.2 Å². The first-order valence-electron chi connectivity index (χ1n) is 6.91. The molecule has 7 nitrogen and oxygen atoms in total. The van der Waals surface area contributed by atoms with E-state index in [4.69, 9.17) is 0 Å². The number of nitrogens with one attached hydrogen (secondary N) is 1. The summed E-state index contributed by atoms with van der Waals surface area (Å²) in [5, 5.41) is 7.95. The summed E-state index contributed by atoms with van der Waals surface area (Å²) in [5.41, 5.74) is 2.15. The highest BCUT2D eigenvalue weighted by atomic mass is 16.2. The molecule has 1 N–H and O–H groups in total. The molecule has 0 atom stereocenters. The summed E-state index contributed by atoms with van der Waals surface area (Å²) < 4.78 is 1.70. The standard InChI is InChI=1S/C14H17N5O2/c1-9-11-7-10(8-16-13(11)18(2)17-9)14(21)19-5-3-12(20)15-4-6-19/h7-8H,3-6H2,1-2H3,(H,15,20). The van der Waals surface area contributed by atoms with Gasteiger partial charge in [0.2, 0.25) is 5.91 Å². The number of nitrogens with zero attached hydrogens (tertiary/aromatic N) is 4. The number of carbonyl (C=O) groups excluding carboxylic acids is 2. The Morgan fingerprint density at radius 2 is 2.19 bits per heavy atom. The highest BCUT2D eigenvalue weighted by Gasteiger charge is 2.21. The van der Waals surface area contributed by atoms with Crippen LogP contribution in [0.1, 0.15) is 22.5 Å². The maximum Gasteiger partial charge on any atom is 0.255 e. The molecule has 0 aromatic carbocycles. The molecule has 0 aliphatic carbocycles. The Hall–Kier alpha value is -2.44. The second-order valence-corrected chi connectivity index (χ2v) is 5.20. The molecule has 3 heterocycles. The summed E-state index contributed by atoms with van der Waals surface area (Å²) in [6, 6.07) is 1.83. The van der Waals surface area contributed by atoms with Gasteiger partial charge in [-0.3, -0.25) is 14.3 Å². The predicted molar refractivity (Wildman–Crippen MR) is 76.8 cm³/mol. The van der Waals surface area contributed by atoms with Crippen molar-refractivity contribution in [3.8, 4) is 0 Å². The van der Waals surface area contributed by atoms with E-state index in [0.29, 0.717) is 31.6 Å². The summed E-state index contributed by atoms with van der Waals surface area (Å²) in [7, 11) is 1.83. The Labute approximate surface area is 121 Å². The number of hydrogen-bond donors (Lipinski definition) is 1. The zero-order valence-electron chi connectivity index (χ0n) is 12.1. The zero-order valence-corrected chi connectivity index (χ0v) is 12.1. The average molecular weight is 287 g/mol. The lowest BCUT2D eigenvalue weighted by Gasteiger charge is -2.19. The lowest BCUT2D eigenvalue weighted by molar-refractivity contribution is -0.120. The van der Waals surface area contributed by atoms with Crippen LogP contribution in [-0.4, -0.2) is 51.1 Å². The normalized spacial score (nSPS) is 15.9. The smallest absolute Gasteiger partial charge is 0.255 e. The van der Waals surface area contributed by atoms with Crippen molar-refractivity contribution >= 4 is 22.8 Å². The molecule has 0 radical (unpaired) electrons. The second-order valence-electron chi connectivity index (χ2n) is 5.20. The van der Waals surface area contributed by atoms with Crippen LogP contribution >= 0.6 is 0 Å². The maximum atomic E-state index is 12.5. The predicted octanol–water partition coefficient (Wildman–Crippen LogP) is 0.239. The zero-order chi connectivity index (χ0) is 15.0. The van der Waals surface area contributed by atoms with Gasteiger partial charge in [-0.15, -0.1) is 0 Å². The number of carbonyl (C=O) groups is 2. The molecule has 7 heteroatoms. The SMILES string of the molecule is Cc1nn(C)c2ncc(C(=O)N3CCNC(=O)CC3)cc12. The Morgan fingerprint density at radius 3 is 3.00 bits per heavy atom. The summed E-state index contributed by atoms with van der Waals surface area (Å²) in [6.07, 6.45) is 1.92. The number of pyridine rings is 1. The summed E-state index contributed by atoms with van der Waals surface area (Å²) in [4.78, 5) is 29.9. The van der Waals surface area contributed by atoms with Crippen LogP contribution in [0.2, 0.25) is 0 Å². The van der Waals surface area contributed by atoms with Crippen molar-refractivity contribution in [1.82, 2.24) is 25.0 Å². The van der Waals surface area contributed by atoms with Gasteiger partial charge in [0.25, 0.3) is 5.91 Å². The molecule has 0 saturated carbocycles. The van der Waals surface area contributed by atoms with Gasteiger partial charge in [-0.05, 0) is 13.0 Å². The van der Waals surface area contributed by atoms with Crippen LogP contribution in [0.5, 0.6) is 0 Å². The van der Waals surface area contributed by atoms with E-state index in [9.17, 15) is 9.59 Å². The van der Waals surface area contributed by atoms with Crippen molar-refractivity contribution in [2.24, 2.45) is 7.05 Å². The van der Waals surface area contributed by atoms with Gasteiger partial charge in [-0.2, -0.15) is 5.10 Å². The molecule has 1 aliphatic rings. The monoisotopic (exact) mass is 287 g/mol. The Bertz CT molecular complexity index is 721. The van der Waals surface area contributed by atoms with E-state index in [1.807, 2.05) is 20.0 Å². The summed E-state index contributed by atoms with van der Waals surface area (Å²) in [6.45, 7) is 3.35. The molecule has 0 spiro atoms. The third-order valence-corrected chi connectivity index (χ3v) is 3.71. The van der Waals surface area contributed by atoms with Gasteiger partial charge >= 0.3 is 0 Å². The van der Waals surface area contributed by atoms with Gasteiger partial charge in [-0.1, -0.05) is 0 Å². The van der Waals surface area contributed by atoms with Crippen molar-refractivity contribution in [3.63, 3.8) is 0 Å². The largest absolute Gasteiger partial charge is 0.354 e. The van der Waals surface area contributed by atoms with Crippen molar-refractivity contribution < 1.29 is 9.59 Å². The molecule has 1 fully saturated rings. The Morgan fingerprint density at radius 1 is 1.38 bits per heavy atom. The number of aromatic nitrogens is 3. The third kappa shape index (κ3) is 2.46. The number of amides is 2. The topological polar surface area (TPSA) is 80.1 Å². The fourth-order valence-corrected chi connectivity index (χ4v) is 2.58. The van der Waals surface area contributed by atoms with E-state index in [1.165, 1.54) is 0 Å². The highest BCUT2D eigenvalue weighted by Crippen LogP contribution is 2.17.